The van der Waals surface area contributed by atoms with Crippen LogP contribution in [0.15, 0.2) is 30.5 Å². The first kappa shape index (κ1) is 11.5. The van der Waals surface area contributed by atoms with Crippen molar-refractivity contribution in [2.24, 2.45) is 0 Å². The Balaban J connectivity index is 0.000000963. The van der Waals surface area contributed by atoms with Crippen molar-refractivity contribution < 1.29 is 0 Å². The van der Waals surface area contributed by atoms with Crippen LogP contribution in [-0.2, 0) is 0 Å². The van der Waals surface area contributed by atoms with Gasteiger partial charge in [0.1, 0.15) is 0 Å². The van der Waals surface area contributed by atoms with Gasteiger partial charge in [-0.25, -0.2) is 0 Å². The molecule has 0 aliphatic carbocycles. The van der Waals surface area contributed by atoms with Crippen LogP contribution in [0, 0.1) is 0 Å². The second-order valence-corrected chi connectivity index (χ2v) is 4.00. The lowest BCUT2D eigenvalue weighted by Crippen LogP contribution is -2.42. The Morgan fingerprint density at radius 1 is 1.12 bits per heavy atom. The number of hydrogen-bond acceptors (Lipinski definition) is 2. The second-order valence-electron chi connectivity index (χ2n) is 4.00. The number of fused-ring (bicyclic) bond motifs is 1. The third kappa shape index (κ3) is 1.94. The summed E-state index contributed by atoms with van der Waals surface area (Å²) in [7, 11) is 0. The summed E-state index contributed by atoms with van der Waals surface area (Å²) in [6.45, 7) is 3.13. The molecule has 0 spiro atoms. The zero-order chi connectivity index (χ0) is 10.1. The highest BCUT2D eigenvalue weighted by atomic mass is 35.5. The summed E-state index contributed by atoms with van der Waals surface area (Å²) in [5, 5.41) is 8.29. The maximum absolute atomic E-state index is 3.54. The molecule has 16 heavy (non-hydrogen) atoms. The zero-order valence-electron chi connectivity index (χ0n) is 8.99. The molecule has 1 aromatic carbocycles. The minimum absolute atomic E-state index is 0. The van der Waals surface area contributed by atoms with Crippen molar-refractivity contribution in [2.75, 3.05) is 19.6 Å². The van der Waals surface area contributed by atoms with E-state index < -0.39 is 0 Å². The summed E-state index contributed by atoms with van der Waals surface area (Å²) in [5.74, 6) is 0. The van der Waals surface area contributed by atoms with Gasteiger partial charge in [-0.1, -0.05) is 12.1 Å². The van der Waals surface area contributed by atoms with Crippen LogP contribution < -0.4 is 10.6 Å². The molecular weight excluding hydrogens is 222 g/mol. The van der Waals surface area contributed by atoms with Crippen LogP contribution in [0.1, 0.15) is 11.6 Å². The van der Waals surface area contributed by atoms with Gasteiger partial charge in [0.25, 0.3) is 0 Å². The van der Waals surface area contributed by atoms with Crippen LogP contribution >= 0.6 is 12.4 Å². The standard InChI is InChI=1S/C12H15N3.ClH/c1-2-9(12-8-13-6-7-15-12)10-4-5-14-11(10)3-1;/h1-5,12-15H,6-8H2;1H/t12-;/m0./s1. The smallest absolute Gasteiger partial charge is 0.0457 e. The van der Waals surface area contributed by atoms with Gasteiger partial charge in [-0.15, -0.1) is 12.4 Å². The molecule has 0 amide bonds. The van der Waals surface area contributed by atoms with Crippen LogP contribution in [0.4, 0.5) is 0 Å². The van der Waals surface area contributed by atoms with Crippen molar-refractivity contribution in [2.45, 2.75) is 6.04 Å². The average Bonchev–Trinajstić information content (AvgIpc) is 2.78. The molecule has 1 aliphatic heterocycles. The van der Waals surface area contributed by atoms with Gasteiger partial charge >= 0.3 is 0 Å². The molecule has 0 bridgehead atoms. The molecule has 1 atom stereocenters. The molecule has 1 aromatic heterocycles. The summed E-state index contributed by atoms with van der Waals surface area (Å²) in [4.78, 5) is 3.25. The Labute approximate surface area is 101 Å². The highest BCUT2D eigenvalue weighted by molar-refractivity contribution is 5.85. The van der Waals surface area contributed by atoms with Crippen molar-refractivity contribution in [1.82, 2.24) is 15.6 Å². The zero-order valence-corrected chi connectivity index (χ0v) is 9.81. The van der Waals surface area contributed by atoms with Gasteiger partial charge in [-0.2, -0.15) is 0 Å². The Kier molecular flexibility index (Phi) is 3.49. The number of halogens is 1. The predicted molar refractivity (Wildman–Crippen MR) is 69.2 cm³/mol. The summed E-state index contributed by atoms with van der Waals surface area (Å²) < 4.78 is 0. The van der Waals surface area contributed by atoms with E-state index in [-0.39, 0.29) is 12.4 Å². The van der Waals surface area contributed by atoms with Gasteiger partial charge < -0.3 is 15.6 Å². The van der Waals surface area contributed by atoms with Gasteiger partial charge in [0.2, 0.25) is 0 Å². The first-order valence-corrected chi connectivity index (χ1v) is 5.45. The largest absolute Gasteiger partial charge is 0.361 e. The molecule has 2 heterocycles. The third-order valence-corrected chi connectivity index (χ3v) is 3.05. The minimum atomic E-state index is 0. The Bertz CT molecular complexity index is 460. The van der Waals surface area contributed by atoms with Crippen molar-refractivity contribution in [3.05, 3.63) is 36.0 Å². The number of benzene rings is 1. The molecule has 0 unspecified atom stereocenters. The van der Waals surface area contributed by atoms with E-state index in [0.717, 1.165) is 19.6 Å². The number of rotatable bonds is 1. The topological polar surface area (TPSA) is 39.8 Å². The van der Waals surface area contributed by atoms with E-state index in [0.29, 0.717) is 6.04 Å². The van der Waals surface area contributed by atoms with E-state index in [2.05, 4.69) is 39.9 Å². The fraction of sp³-hybridized carbons (Fsp3) is 0.333. The maximum Gasteiger partial charge on any atom is 0.0457 e. The van der Waals surface area contributed by atoms with E-state index >= 15 is 0 Å². The second kappa shape index (κ2) is 4.87. The molecule has 1 aliphatic rings. The van der Waals surface area contributed by atoms with Crippen molar-refractivity contribution in [1.29, 1.82) is 0 Å². The van der Waals surface area contributed by atoms with Gasteiger partial charge in [0, 0.05) is 42.8 Å². The van der Waals surface area contributed by atoms with Gasteiger partial charge in [0.05, 0.1) is 0 Å². The number of aromatic amines is 1. The summed E-state index contributed by atoms with van der Waals surface area (Å²) in [6, 6.07) is 9.04. The van der Waals surface area contributed by atoms with Crippen molar-refractivity contribution >= 4 is 23.3 Å². The average molecular weight is 238 g/mol. The maximum atomic E-state index is 3.54. The quantitative estimate of drug-likeness (QED) is 0.708. The van der Waals surface area contributed by atoms with Crippen molar-refractivity contribution in [3.8, 4) is 0 Å². The normalized spacial score (nSPS) is 20.6. The predicted octanol–water partition coefficient (Wildman–Crippen LogP) is 1.82. The van der Waals surface area contributed by atoms with E-state index in [4.69, 9.17) is 0 Å². The lowest BCUT2D eigenvalue weighted by molar-refractivity contribution is 0.432. The van der Waals surface area contributed by atoms with Crippen LogP contribution in [0.3, 0.4) is 0 Å². The van der Waals surface area contributed by atoms with Gasteiger partial charge in [-0.3, -0.25) is 0 Å². The lowest BCUT2D eigenvalue weighted by Gasteiger charge is -2.25. The van der Waals surface area contributed by atoms with Crippen LogP contribution in [0.2, 0.25) is 0 Å². The molecule has 0 radical (unpaired) electrons. The fourth-order valence-corrected chi connectivity index (χ4v) is 2.29. The Morgan fingerprint density at radius 2 is 2.06 bits per heavy atom. The van der Waals surface area contributed by atoms with E-state index in [9.17, 15) is 0 Å². The molecule has 86 valence electrons. The van der Waals surface area contributed by atoms with E-state index in [1.807, 2.05) is 6.20 Å². The highest BCUT2D eigenvalue weighted by Gasteiger charge is 2.16. The van der Waals surface area contributed by atoms with Gasteiger partial charge in [-0.05, 0) is 17.7 Å². The molecule has 4 heteroatoms. The molecule has 1 saturated heterocycles. The monoisotopic (exact) mass is 237 g/mol. The summed E-state index contributed by atoms with van der Waals surface area (Å²) in [6.07, 6.45) is 2.00. The molecule has 3 nitrogen and oxygen atoms in total. The SMILES string of the molecule is Cl.c1cc([C@@H]2CNCCN2)c2cc[nH]c2c1. The molecule has 2 aromatic rings. The van der Waals surface area contributed by atoms with Crippen molar-refractivity contribution in [3.63, 3.8) is 0 Å². The first-order chi connectivity index (χ1) is 7.45. The Morgan fingerprint density at radius 3 is 2.88 bits per heavy atom. The fourth-order valence-electron chi connectivity index (χ4n) is 2.29. The molecule has 3 N–H and O–H groups in total. The molecular formula is C12H16ClN3. The lowest BCUT2D eigenvalue weighted by atomic mass is 10.0. The number of nitrogens with one attached hydrogen (secondary N) is 3. The molecule has 0 saturated carbocycles. The number of H-pyrrole nitrogens is 1. The molecule has 3 rings (SSSR count). The highest BCUT2D eigenvalue weighted by Crippen LogP contribution is 2.23. The number of aromatic nitrogens is 1. The van der Waals surface area contributed by atoms with Crippen LogP contribution in [-0.4, -0.2) is 24.6 Å². The van der Waals surface area contributed by atoms with Gasteiger partial charge in [0.15, 0.2) is 0 Å². The minimum Gasteiger partial charge on any atom is -0.361 e. The van der Waals surface area contributed by atoms with E-state index in [1.165, 1.54) is 16.5 Å². The molecule has 1 fully saturated rings. The summed E-state index contributed by atoms with van der Waals surface area (Å²) in [5.41, 5.74) is 2.61. The number of piperazine rings is 1. The van der Waals surface area contributed by atoms with Crippen LogP contribution in [0.25, 0.3) is 10.9 Å². The Hall–Kier alpha value is -1.03. The first-order valence-electron chi connectivity index (χ1n) is 5.45. The van der Waals surface area contributed by atoms with E-state index in [1.54, 1.807) is 0 Å². The summed E-state index contributed by atoms with van der Waals surface area (Å²) >= 11 is 0. The third-order valence-electron chi connectivity index (χ3n) is 3.05. The van der Waals surface area contributed by atoms with Crippen LogP contribution in [0.5, 0.6) is 0 Å². The number of hydrogen-bond donors (Lipinski definition) is 3.